The second-order valence-electron chi connectivity index (χ2n) is 6.06. The summed E-state index contributed by atoms with van der Waals surface area (Å²) in [5.41, 5.74) is 0.325. The van der Waals surface area contributed by atoms with Crippen molar-refractivity contribution in [2.24, 2.45) is 0 Å². The molecule has 3 N–H and O–H groups in total. The summed E-state index contributed by atoms with van der Waals surface area (Å²) in [6.07, 6.45) is 1.23. The number of ether oxygens (including phenoxy) is 1. The van der Waals surface area contributed by atoms with Crippen molar-refractivity contribution in [2.45, 2.75) is 0 Å². The second-order valence-corrected chi connectivity index (χ2v) is 6.06. The van der Waals surface area contributed by atoms with Gasteiger partial charge in [0.15, 0.2) is 0 Å². The lowest BCUT2D eigenvalue weighted by Crippen LogP contribution is -2.39. The molecule has 1 aromatic carbocycles. The van der Waals surface area contributed by atoms with E-state index in [1.54, 1.807) is 0 Å². The van der Waals surface area contributed by atoms with Gasteiger partial charge in [0, 0.05) is 31.9 Å². The van der Waals surface area contributed by atoms with Gasteiger partial charge in [-0.1, -0.05) is 0 Å². The first-order chi connectivity index (χ1) is 13.5. The van der Waals surface area contributed by atoms with Crippen LogP contribution in [0.15, 0.2) is 30.6 Å². The van der Waals surface area contributed by atoms with E-state index in [-0.39, 0.29) is 22.9 Å². The topological polar surface area (TPSA) is 143 Å². The van der Waals surface area contributed by atoms with Crippen molar-refractivity contribution >= 4 is 29.0 Å². The lowest BCUT2D eigenvalue weighted by molar-refractivity contribution is -0.383. The van der Waals surface area contributed by atoms with Crippen molar-refractivity contribution in [2.75, 3.05) is 50.0 Å². The SMILES string of the molecule is O=C(O)c1ccc(Nc2ncnc(NCCN3CCOCC3)c2[N+](=O)[O-])cc1. The van der Waals surface area contributed by atoms with Crippen molar-refractivity contribution in [3.05, 3.63) is 46.3 Å². The van der Waals surface area contributed by atoms with Crippen LogP contribution in [0, 0.1) is 10.1 Å². The Morgan fingerprint density at radius 1 is 1.21 bits per heavy atom. The van der Waals surface area contributed by atoms with Gasteiger partial charge in [-0.15, -0.1) is 0 Å². The van der Waals surface area contributed by atoms with E-state index in [2.05, 4.69) is 25.5 Å². The fourth-order valence-corrected chi connectivity index (χ4v) is 2.76. The zero-order valence-corrected chi connectivity index (χ0v) is 15.0. The summed E-state index contributed by atoms with van der Waals surface area (Å²) in [7, 11) is 0. The Labute approximate surface area is 160 Å². The van der Waals surface area contributed by atoms with Gasteiger partial charge in [0.1, 0.15) is 6.33 Å². The van der Waals surface area contributed by atoms with E-state index in [9.17, 15) is 14.9 Å². The predicted octanol–water partition coefficient (Wildman–Crippen LogP) is 1.57. The maximum absolute atomic E-state index is 11.6. The molecule has 0 spiro atoms. The van der Waals surface area contributed by atoms with Gasteiger partial charge in [0.05, 0.1) is 23.7 Å². The Kier molecular flexibility index (Phi) is 6.29. The molecule has 148 valence electrons. The smallest absolute Gasteiger partial charge is 0.353 e. The standard InChI is InChI=1S/C17H20N6O5/c24-17(25)12-1-3-13(4-2-12)21-16-14(23(26)27)15(19-11-20-16)18-5-6-22-7-9-28-10-8-22/h1-4,11H,5-10H2,(H,24,25)(H2,18,19,20,21). The molecule has 0 aliphatic carbocycles. The molecule has 0 saturated carbocycles. The van der Waals surface area contributed by atoms with Crippen molar-refractivity contribution < 1.29 is 19.6 Å². The molecule has 3 rings (SSSR count). The summed E-state index contributed by atoms with van der Waals surface area (Å²) < 4.78 is 5.29. The maximum Gasteiger partial charge on any atom is 0.353 e. The summed E-state index contributed by atoms with van der Waals surface area (Å²) in [6.45, 7) is 4.22. The average molecular weight is 388 g/mol. The number of morpholine rings is 1. The van der Waals surface area contributed by atoms with Crippen LogP contribution in [0.25, 0.3) is 0 Å². The first-order valence-electron chi connectivity index (χ1n) is 8.68. The van der Waals surface area contributed by atoms with E-state index >= 15 is 0 Å². The number of carboxylic acids is 1. The van der Waals surface area contributed by atoms with Crippen LogP contribution in [0.5, 0.6) is 0 Å². The third-order valence-corrected chi connectivity index (χ3v) is 4.22. The molecule has 2 heterocycles. The number of nitrogens with one attached hydrogen (secondary N) is 2. The molecule has 1 aromatic heterocycles. The van der Waals surface area contributed by atoms with Crippen molar-refractivity contribution in [1.29, 1.82) is 0 Å². The number of carboxylic acid groups (broad SMARTS) is 1. The molecule has 1 saturated heterocycles. The molecule has 0 unspecified atom stereocenters. The van der Waals surface area contributed by atoms with E-state index in [0.717, 1.165) is 13.1 Å². The number of nitro groups is 1. The van der Waals surface area contributed by atoms with Crippen LogP contribution in [-0.4, -0.2) is 70.3 Å². The highest BCUT2D eigenvalue weighted by atomic mass is 16.6. The van der Waals surface area contributed by atoms with Crippen molar-refractivity contribution in [3.63, 3.8) is 0 Å². The minimum atomic E-state index is -1.05. The second kappa shape index (κ2) is 9.06. The molecular formula is C17H20N6O5. The summed E-state index contributed by atoms with van der Waals surface area (Å²) in [5, 5.41) is 26.4. The van der Waals surface area contributed by atoms with Crippen LogP contribution in [-0.2, 0) is 4.74 Å². The zero-order chi connectivity index (χ0) is 19.9. The highest BCUT2D eigenvalue weighted by molar-refractivity contribution is 5.88. The molecule has 1 aliphatic rings. The maximum atomic E-state index is 11.6. The molecule has 2 aromatic rings. The number of hydrogen-bond donors (Lipinski definition) is 3. The van der Waals surface area contributed by atoms with Crippen LogP contribution >= 0.6 is 0 Å². The fraction of sp³-hybridized carbons (Fsp3) is 0.353. The molecule has 0 amide bonds. The van der Waals surface area contributed by atoms with Crippen LogP contribution < -0.4 is 10.6 Å². The van der Waals surface area contributed by atoms with E-state index in [1.807, 2.05) is 0 Å². The van der Waals surface area contributed by atoms with Gasteiger partial charge in [-0.05, 0) is 24.3 Å². The number of benzene rings is 1. The predicted molar refractivity (Wildman–Crippen MR) is 101 cm³/mol. The van der Waals surface area contributed by atoms with Gasteiger partial charge in [-0.3, -0.25) is 15.0 Å². The summed E-state index contributed by atoms with van der Waals surface area (Å²) in [4.78, 5) is 32.1. The molecule has 1 aliphatic heterocycles. The van der Waals surface area contributed by atoms with Crippen molar-refractivity contribution in [3.8, 4) is 0 Å². The summed E-state index contributed by atoms with van der Waals surface area (Å²) >= 11 is 0. The minimum Gasteiger partial charge on any atom is -0.478 e. The fourth-order valence-electron chi connectivity index (χ4n) is 2.76. The highest BCUT2D eigenvalue weighted by Gasteiger charge is 2.23. The van der Waals surface area contributed by atoms with Crippen LogP contribution in [0.2, 0.25) is 0 Å². The number of aromatic carboxylic acids is 1. The molecular weight excluding hydrogens is 368 g/mol. The molecule has 0 radical (unpaired) electrons. The Morgan fingerprint density at radius 2 is 1.89 bits per heavy atom. The van der Waals surface area contributed by atoms with E-state index in [4.69, 9.17) is 9.84 Å². The molecule has 28 heavy (non-hydrogen) atoms. The summed E-state index contributed by atoms with van der Waals surface area (Å²) in [6, 6.07) is 5.83. The Hall–Kier alpha value is -3.31. The number of rotatable bonds is 8. The van der Waals surface area contributed by atoms with E-state index in [0.29, 0.717) is 32.0 Å². The highest BCUT2D eigenvalue weighted by Crippen LogP contribution is 2.31. The molecule has 1 fully saturated rings. The Morgan fingerprint density at radius 3 is 2.54 bits per heavy atom. The largest absolute Gasteiger partial charge is 0.478 e. The first-order valence-corrected chi connectivity index (χ1v) is 8.68. The molecule has 11 nitrogen and oxygen atoms in total. The third kappa shape index (κ3) is 4.90. The van der Waals surface area contributed by atoms with Gasteiger partial charge < -0.3 is 20.5 Å². The van der Waals surface area contributed by atoms with Gasteiger partial charge in [0.2, 0.25) is 11.6 Å². The first kappa shape index (κ1) is 19.5. The van der Waals surface area contributed by atoms with Crippen LogP contribution in [0.4, 0.5) is 23.0 Å². The molecule has 11 heteroatoms. The minimum absolute atomic E-state index is 0.0250. The molecule has 0 atom stereocenters. The van der Waals surface area contributed by atoms with Gasteiger partial charge in [0.25, 0.3) is 0 Å². The van der Waals surface area contributed by atoms with Gasteiger partial charge in [-0.2, -0.15) is 0 Å². The Bertz CT molecular complexity index is 838. The van der Waals surface area contributed by atoms with E-state index < -0.39 is 10.9 Å². The van der Waals surface area contributed by atoms with Gasteiger partial charge in [-0.25, -0.2) is 14.8 Å². The number of anilines is 3. The number of carbonyl (C=O) groups is 1. The number of nitrogens with zero attached hydrogens (tertiary/aromatic N) is 4. The lowest BCUT2D eigenvalue weighted by Gasteiger charge is -2.26. The van der Waals surface area contributed by atoms with Crippen molar-refractivity contribution in [1.82, 2.24) is 14.9 Å². The zero-order valence-electron chi connectivity index (χ0n) is 15.0. The number of hydrogen-bond acceptors (Lipinski definition) is 9. The van der Waals surface area contributed by atoms with E-state index in [1.165, 1.54) is 30.6 Å². The monoisotopic (exact) mass is 388 g/mol. The Balaban J connectivity index is 1.71. The third-order valence-electron chi connectivity index (χ3n) is 4.22. The summed E-state index contributed by atoms with van der Waals surface area (Å²) in [5.74, 6) is -0.902. The van der Waals surface area contributed by atoms with Crippen LogP contribution in [0.3, 0.4) is 0 Å². The molecule has 0 bridgehead atoms. The van der Waals surface area contributed by atoms with Crippen LogP contribution in [0.1, 0.15) is 10.4 Å². The lowest BCUT2D eigenvalue weighted by atomic mass is 10.2. The number of aromatic nitrogens is 2. The van der Waals surface area contributed by atoms with Gasteiger partial charge >= 0.3 is 11.7 Å². The normalized spacial score (nSPS) is 14.4. The quantitative estimate of drug-likeness (QED) is 0.450. The average Bonchev–Trinajstić information content (AvgIpc) is 2.69.